The average molecular weight is 288 g/mol. The van der Waals surface area contributed by atoms with E-state index in [9.17, 15) is 0 Å². The highest BCUT2D eigenvalue weighted by Crippen LogP contribution is 2.22. The van der Waals surface area contributed by atoms with Gasteiger partial charge in [0.1, 0.15) is 0 Å². The molecule has 0 heterocycles. The molecule has 0 spiro atoms. The third-order valence-corrected chi connectivity index (χ3v) is 3.87. The monoisotopic (exact) mass is 287 g/mol. The topological polar surface area (TPSA) is 12.0 Å². The number of hydrogen-bond donors (Lipinski definition) is 1. The highest BCUT2D eigenvalue weighted by molar-refractivity contribution is 6.30. The fourth-order valence-electron chi connectivity index (χ4n) is 2.58. The second kappa shape index (κ2) is 6.43. The lowest BCUT2D eigenvalue weighted by atomic mass is 10.0. The van der Waals surface area contributed by atoms with E-state index in [1.54, 1.807) is 0 Å². The van der Waals surface area contributed by atoms with Gasteiger partial charge in [-0.25, -0.2) is 0 Å². The van der Waals surface area contributed by atoms with Crippen molar-refractivity contribution in [3.8, 4) is 0 Å². The Morgan fingerprint density at radius 3 is 1.85 bits per heavy atom. The van der Waals surface area contributed by atoms with Crippen LogP contribution in [0.2, 0.25) is 5.02 Å². The Morgan fingerprint density at radius 1 is 0.800 bits per heavy atom. The third kappa shape index (κ3) is 3.84. The molecule has 0 aliphatic heterocycles. The van der Waals surface area contributed by atoms with Gasteiger partial charge in [0.05, 0.1) is 0 Å². The molecule has 0 fully saturated rings. The summed E-state index contributed by atoms with van der Waals surface area (Å²) in [6.45, 7) is 8.68. The fourth-order valence-corrected chi connectivity index (χ4v) is 2.70. The van der Waals surface area contributed by atoms with Crippen molar-refractivity contribution in [2.45, 2.75) is 39.8 Å². The number of rotatable bonds is 4. The van der Waals surface area contributed by atoms with Crippen molar-refractivity contribution in [3.63, 3.8) is 0 Å². The molecular formula is C18H22ClN. The Morgan fingerprint density at radius 2 is 1.30 bits per heavy atom. The molecule has 2 aromatic carbocycles. The Balaban J connectivity index is 2.10. The summed E-state index contributed by atoms with van der Waals surface area (Å²) < 4.78 is 0. The number of benzene rings is 2. The second-order valence-corrected chi connectivity index (χ2v) is 6.02. The van der Waals surface area contributed by atoms with E-state index in [1.165, 1.54) is 22.3 Å². The molecule has 0 radical (unpaired) electrons. The van der Waals surface area contributed by atoms with Gasteiger partial charge in [0, 0.05) is 17.1 Å². The molecule has 2 aromatic rings. The van der Waals surface area contributed by atoms with Crippen molar-refractivity contribution < 1.29 is 0 Å². The van der Waals surface area contributed by atoms with Crippen molar-refractivity contribution in [2.24, 2.45) is 0 Å². The summed E-state index contributed by atoms with van der Waals surface area (Å²) in [5.74, 6) is 0. The normalized spacial score (nSPS) is 14.1. The smallest absolute Gasteiger partial charge is 0.0406 e. The van der Waals surface area contributed by atoms with Crippen LogP contribution in [0, 0.1) is 13.8 Å². The van der Waals surface area contributed by atoms with E-state index in [0.717, 1.165) is 5.02 Å². The van der Waals surface area contributed by atoms with E-state index in [-0.39, 0.29) is 0 Å². The van der Waals surface area contributed by atoms with E-state index in [1.807, 2.05) is 12.1 Å². The van der Waals surface area contributed by atoms with Crippen LogP contribution in [0.4, 0.5) is 0 Å². The van der Waals surface area contributed by atoms with Crippen LogP contribution >= 0.6 is 11.6 Å². The average Bonchev–Trinajstić information content (AvgIpc) is 2.38. The van der Waals surface area contributed by atoms with Crippen LogP contribution < -0.4 is 5.32 Å². The second-order valence-electron chi connectivity index (χ2n) is 5.58. The molecule has 106 valence electrons. The third-order valence-electron chi connectivity index (χ3n) is 3.61. The van der Waals surface area contributed by atoms with E-state index in [4.69, 9.17) is 11.6 Å². The lowest BCUT2D eigenvalue weighted by molar-refractivity contribution is 0.494. The van der Waals surface area contributed by atoms with Crippen LogP contribution in [0.25, 0.3) is 0 Å². The summed E-state index contributed by atoms with van der Waals surface area (Å²) in [6.07, 6.45) is 0. The molecule has 2 unspecified atom stereocenters. The first-order valence-electron chi connectivity index (χ1n) is 7.05. The Kier molecular flexibility index (Phi) is 4.85. The van der Waals surface area contributed by atoms with E-state index in [0.29, 0.717) is 12.1 Å². The van der Waals surface area contributed by atoms with Crippen LogP contribution in [-0.2, 0) is 0 Å². The minimum atomic E-state index is 0.295. The maximum absolute atomic E-state index is 5.93. The van der Waals surface area contributed by atoms with Crippen LogP contribution in [0.1, 0.15) is 48.2 Å². The molecule has 0 aliphatic carbocycles. The standard InChI is InChI=1S/C18H22ClN/c1-12-9-13(2)11-17(10-12)15(4)20-14(3)16-5-7-18(19)8-6-16/h5-11,14-15,20H,1-4H3. The van der Waals surface area contributed by atoms with Gasteiger partial charge in [-0.2, -0.15) is 0 Å². The minimum absolute atomic E-state index is 0.295. The first kappa shape index (κ1) is 15.1. The molecule has 0 bridgehead atoms. The number of halogens is 1. The van der Waals surface area contributed by atoms with E-state index < -0.39 is 0 Å². The van der Waals surface area contributed by atoms with Gasteiger partial charge >= 0.3 is 0 Å². The molecule has 1 nitrogen and oxygen atoms in total. The minimum Gasteiger partial charge on any atom is -0.304 e. The molecule has 20 heavy (non-hydrogen) atoms. The van der Waals surface area contributed by atoms with Gasteiger partial charge in [-0.15, -0.1) is 0 Å². The molecule has 0 saturated carbocycles. The van der Waals surface area contributed by atoms with Crippen LogP contribution in [0.3, 0.4) is 0 Å². The number of nitrogens with one attached hydrogen (secondary N) is 1. The molecular weight excluding hydrogens is 266 g/mol. The van der Waals surface area contributed by atoms with E-state index in [2.05, 4.69) is 63.3 Å². The first-order valence-corrected chi connectivity index (χ1v) is 7.43. The zero-order valence-corrected chi connectivity index (χ0v) is 13.3. The lowest BCUT2D eigenvalue weighted by Gasteiger charge is -2.21. The predicted molar refractivity (Wildman–Crippen MR) is 87.3 cm³/mol. The predicted octanol–water partition coefficient (Wildman–Crippen LogP) is 5.37. The van der Waals surface area contributed by atoms with Gasteiger partial charge in [0.15, 0.2) is 0 Å². The fraction of sp³-hybridized carbons (Fsp3) is 0.333. The summed E-state index contributed by atoms with van der Waals surface area (Å²) in [5, 5.41) is 4.42. The highest BCUT2D eigenvalue weighted by Gasteiger charge is 2.11. The van der Waals surface area contributed by atoms with Gasteiger partial charge < -0.3 is 5.32 Å². The molecule has 0 amide bonds. The summed E-state index contributed by atoms with van der Waals surface area (Å²) in [7, 11) is 0. The number of aryl methyl sites for hydroxylation is 2. The summed E-state index contributed by atoms with van der Waals surface area (Å²) in [6, 6.07) is 15.4. The van der Waals surface area contributed by atoms with Crippen molar-refractivity contribution in [3.05, 3.63) is 69.7 Å². The van der Waals surface area contributed by atoms with Crippen molar-refractivity contribution >= 4 is 11.6 Å². The lowest BCUT2D eigenvalue weighted by Crippen LogP contribution is -2.22. The summed E-state index contributed by atoms with van der Waals surface area (Å²) in [5.41, 5.74) is 5.22. The maximum atomic E-state index is 5.93. The maximum Gasteiger partial charge on any atom is 0.0406 e. The summed E-state index contributed by atoms with van der Waals surface area (Å²) in [4.78, 5) is 0. The quantitative estimate of drug-likeness (QED) is 0.797. The zero-order valence-electron chi connectivity index (χ0n) is 12.6. The van der Waals surface area contributed by atoms with Crippen molar-refractivity contribution in [1.29, 1.82) is 0 Å². The van der Waals surface area contributed by atoms with Gasteiger partial charge in [0.2, 0.25) is 0 Å². The zero-order chi connectivity index (χ0) is 14.7. The van der Waals surface area contributed by atoms with Crippen molar-refractivity contribution in [1.82, 2.24) is 5.32 Å². The Hall–Kier alpha value is -1.31. The number of hydrogen-bond acceptors (Lipinski definition) is 1. The van der Waals surface area contributed by atoms with Crippen LogP contribution in [0.5, 0.6) is 0 Å². The molecule has 2 rings (SSSR count). The molecule has 0 aromatic heterocycles. The van der Waals surface area contributed by atoms with Crippen LogP contribution in [0.15, 0.2) is 42.5 Å². The van der Waals surface area contributed by atoms with Gasteiger partial charge in [-0.05, 0) is 51.0 Å². The Labute approximate surface area is 127 Å². The van der Waals surface area contributed by atoms with Gasteiger partial charge in [0.25, 0.3) is 0 Å². The van der Waals surface area contributed by atoms with Gasteiger partial charge in [-0.3, -0.25) is 0 Å². The SMILES string of the molecule is Cc1cc(C)cc(C(C)NC(C)c2ccc(Cl)cc2)c1. The largest absolute Gasteiger partial charge is 0.304 e. The molecule has 2 atom stereocenters. The van der Waals surface area contributed by atoms with Crippen molar-refractivity contribution in [2.75, 3.05) is 0 Å². The van der Waals surface area contributed by atoms with Crippen LogP contribution in [-0.4, -0.2) is 0 Å². The van der Waals surface area contributed by atoms with E-state index >= 15 is 0 Å². The highest BCUT2D eigenvalue weighted by atomic mass is 35.5. The first-order chi connectivity index (χ1) is 9.45. The Bertz CT molecular complexity index is 554. The molecule has 2 heteroatoms. The molecule has 1 N–H and O–H groups in total. The van der Waals surface area contributed by atoms with Gasteiger partial charge in [-0.1, -0.05) is 53.1 Å². The summed E-state index contributed by atoms with van der Waals surface area (Å²) >= 11 is 5.93. The molecule has 0 saturated heterocycles. The molecule has 0 aliphatic rings.